The predicted octanol–water partition coefficient (Wildman–Crippen LogP) is 2.33. The maximum atomic E-state index is 12.1. The zero-order chi connectivity index (χ0) is 15.7. The molecule has 0 fully saturated rings. The highest BCUT2D eigenvalue weighted by Crippen LogP contribution is 2.22. The first kappa shape index (κ1) is 16.9. The number of carbonyl (C=O) groups excluding carboxylic acids is 1. The molecule has 0 saturated heterocycles. The molecule has 6 heteroatoms. The van der Waals surface area contributed by atoms with Crippen LogP contribution in [0.2, 0.25) is 0 Å². The van der Waals surface area contributed by atoms with Crippen LogP contribution in [-0.4, -0.2) is 29.6 Å². The average Bonchev–Trinajstić information content (AvgIpc) is 2.48. The molecule has 5 nitrogen and oxygen atoms in total. The number of hydrogen-bond acceptors (Lipinski definition) is 5. The van der Waals surface area contributed by atoms with Gasteiger partial charge in [-0.1, -0.05) is 0 Å². The van der Waals surface area contributed by atoms with Crippen molar-refractivity contribution in [3.63, 3.8) is 0 Å². The van der Waals surface area contributed by atoms with Crippen LogP contribution in [-0.2, 0) is 4.79 Å². The lowest BCUT2D eigenvalue weighted by Gasteiger charge is -2.20. The van der Waals surface area contributed by atoms with E-state index in [-0.39, 0.29) is 18.7 Å². The molecule has 0 spiro atoms. The molecule has 0 aliphatic rings. The van der Waals surface area contributed by atoms with Crippen LogP contribution in [0.3, 0.4) is 0 Å². The van der Waals surface area contributed by atoms with Gasteiger partial charge in [0, 0.05) is 23.7 Å². The number of nitrogen functional groups attached to an aromatic ring is 1. The van der Waals surface area contributed by atoms with E-state index in [1.807, 2.05) is 37.3 Å². The zero-order valence-corrected chi connectivity index (χ0v) is 12.8. The van der Waals surface area contributed by atoms with Crippen molar-refractivity contribution in [2.75, 3.05) is 24.6 Å². The predicted molar refractivity (Wildman–Crippen MR) is 83.4 cm³/mol. The summed E-state index contributed by atoms with van der Waals surface area (Å²) in [6.45, 7) is 2.67. The summed E-state index contributed by atoms with van der Waals surface area (Å²) >= 11 is 1.43. The summed E-state index contributed by atoms with van der Waals surface area (Å²) in [6, 6.07) is 9.69. The van der Waals surface area contributed by atoms with Crippen molar-refractivity contribution in [3.8, 4) is 12.1 Å². The van der Waals surface area contributed by atoms with Gasteiger partial charge in [0.2, 0.25) is 5.91 Å². The van der Waals surface area contributed by atoms with Crippen LogP contribution in [0.5, 0.6) is 0 Å². The largest absolute Gasteiger partial charge is 0.399 e. The minimum atomic E-state index is -0.0556. The molecule has 0 aliphatic heterocycles. The monoisotopic (exact) mass is 302 g/mol. The minimum absolute atomic E-state index is 0.0556. The summed E-state index contributed by atoms with van der Waals surface area (Å²) in [5.41, 5.74) is 7.47. The fraction of sp³-hybridized carbons (Fsp3) is 0.400. The molecule has 0 saturated carbocycles. The third-order valence-corrected chi connectivity index (χ3v) is 3.92. The van der Waals surface area contributed by atoms with Crippen LogP contribution in [0.4, 0.5) is 5.69 Å². The van der Waals surface area contributed by atoms with Crippen molar-refractivity contribution in [2.24, 2.45) is 0 Å². The summed E-state index contributed by atoms with van der Waals surface area (Å²) in [4.78, 5) is 14.7. The Bertz CT molecular complexity index is 556. The summed E-state index contributed by atoms with van der Waals surface area (Å²) in [5.74, 6) is 0.236. The van der Waals surface area contributed by atoms with Crippen LogP contribution in [0.1, 0.15) is 18.4 Å². The van der Waals surface area contributed by atoms with E-state index >= 15 is 0 Å². The van der Waals surface area contributed by atoms with Crippen LogP contribution >= 0.6 is 11.8 Å². The van der Waals surface area contributed by atoms with Gasteiger partial charge < -0.3 is 10.6 Å². The first-order valence-corrected chi connectivity index (χ1v) is 7.57. The van der Waals surface area contributed by atoms with Gasteiger partial charge in [-0.2, -0.15) is 10.5 Å². The number of hydrogen-bond donors (Lipinski definition) is 1. The molecule has 2 N–H and O–H groups in total. The van der Waals surface area contributed by atoms with Crippen molar-refractivity contribution in [1.29, 1.82) is 10.5 Å². The van der Waals surface area contributed by atoms with Crippen LogP contribution in [0, 0.1) is 29.6 Å². The van der Waals surface area contributed by atoms with E-state index in [1.54, 1.807) is 4.90 Å². The number of nitrogens with two attached hydrogens (primary N) is 1. The third-order valence-electron chi connectivity index (χ3n) is 2.94. The Labute approximate surface area is 129 Å². The van der Waals surface area contributed by atoms with Crippen molar-refractivity contribution < 1.29 is 4.79 Å². The highest BCUT2D eigenvalue weighted by Gasteiger charge is 2.13. The van der Waals surface area contributed by atoms with Crippen LogP contribution in [0.25, 0.3) is 0 Å². The molecule has 1 aromatic rings. The molecule has 21 heavy (non-hydrogen) atoms. The Balaban J connectivity index is 2.57. The molecule has 0 unspecified atom stereocenters. The molecule has 0 radical (unpaired) electrons. The van der Waals surface area contributed by atoms with Crippen molar-refractivity contribution in [1.82, 2.24) is 4.90 Å². The van der Waals surface area contributed by atoms with E-state index in [2.05, 4.69) is 0 Å². The Morgan fingerprint density at radius 2 is 1.90 bits per heavy atom. The second-order valence-electron chi connectivity index (χ2n) is 4.50. The number of rotatable bonds is 7. The molecule has 1 rings (SSSR count). The molecule has 110 valence electrons. The molecule has 1 amide bonds. The smallest absolute Gasteiger partial charge is 0.232 e. The van der Waals surface area contributed by atoms with E-state index < -0.39 is 0 Å². The zero-order valence-electron chi connectivity index (χ0n) is 12.0. The maximum absolute atomic E-state index is 12.1. The lowest BCUT2D eigenvalue weighted by atomic mass is 10.2. The van der Waals surface area contributed by atoms with Gasteiger partial charge in [-0.05, 0) is 30.7 Å². The van der Waals surface area contributed by atoms with Gasteiger partial charge in [0.05, 0.1) is 30.7 Å². The summed E-state index contributed by atoms with van der Waals surface area (Å²) in [5, 5.41) is 17.2. The van der Waals surface area contributed by atoms with Crippen molar-refractivity contribution in [3.05, 3.63) is 23.8 Å². The van der Waals surface area contributed by atoms with E-state index in [9.17, 15) is 4.79 Å². The first-order valence-electron chi connectivity index (χ1n) is 6.59. The summed E-state index contributed by atoms with van der Waals surface area (Å²) < 4.78 is 0. The number of aryl methyl sites for hydroxylation is 1. The quantitative estimate of drug-likeness (QED) is 0.616. The molecule has 0 atom stereocenters. The van der Waals surface area contributed by atoms with Gasteiger partial charge in [-0.25, -0.2) is 0 Å². The van der Waals surface area contributed by atoms with Gasteiger partial charge in [-0.3, -0.25) is 4.79 Å². The third kappa shape index (κ3) is 5.76. The Hall–Kier alpha value is -2.18. The van der Waals surface area contributed by atoms with Gasteiger partial charge in [-0.15, -0.1) is 11.8 Å². The second-order valence-corrected chi connectivity index (χ2v) is 5.55. The fourth-order valence-electron chi connectivity index (χ4n) is 1.71. The number of carbonyl (C=O) groups is 1. The van der Waals surface area contributed by atoms with Gasteiger partial charge in [0.15, 0.2) is 0 Å². The number of nitrogens with zero attached hydrogens (tertiary/aromatic N) is 3. The lowest BCUT2D eigenvalue weighted by molar-refractivity contribution is -0.128. The molecule has 0 aliphatic carbocycles. The highest BCUT2D eigenvalue weighted by molar-refractivity contribution is 8.00. The van der Waals surface area contributed by atoms with Gasteiger partial charge >= 0.3 is 0 Å². The lowest BCUT2D eigenvalue weighted by Crippen LogP contribution is -2.34. The molecule has 0 heterocycles. The molecule has 1 aromatic carbocycles. The van der Waals surface area contributed by atoms with Crippen molar-refractivity contribution >= 4 is 23.4 Å². The SMILES string of the molecule is Cc1cc(SCC(=O)N(CCC#N)CCC#N)ccc1N. The normalized spacial score (nSPS) is 9.67. The van der Waals surface area contributed by atoms with E-state index in [0.29, 0.717) is 18.8 Å². The minimum Gasteiger partial charge on any atom is -0.399 e. The van der Waals surface area contributed by atoms with Crippen LogP contribution < -0.4 is 5.73 Å². The van der Waals surface area contributed by atoms with Crippen LogP contribution in [0.15, 0.2) is 23.1 Å². The Morgan fingerprint density at radius 1 is 1.29 bits per heavy atom. The number of benzene rings is 1. The average molecular weight is 302 g/mol. The number of nitriles is 2. The van der Waals surface area contributed by atoms with E-state index in [0.717, 1.165) is 16.1 Å². The Morgan fingerprint density at radius 3 is 2.43 bits per heavy atom. The van der Waals surface area contributed by atoms with Gasteiger partial charge in [0.1, 0.15) is 0 Å². The van der Waals surface area contributed by atoms with Gasteiger partial charge in [0.25, 0.3) is 0 Å². The number of thioether (sulfide) groups is 1. The standard InChI is InChI=1S/C15H18N4OS/c1-12-10-13(4-5-14(12)18)21-11-15(20)19(8-2-6-16)9-3-7-17/h4-5,10H,2-3,8-9,11,18H2,1H3. The first-order chi connectivity index (χ1) is 10.1. The molecular weight excluding hydrogens is 284 g/mol. The molecular formula is C15H18N4OS. The second kappa shape index (κ2) is 8.89. The maximum Gasteiger partial charge on any atom is 0.232 e. The topological polar surface area (TPSA) is 93.9 Å². The molecule has 0 aromatic heterocycles. The number of amides is 1. The van der Waals surface area contributed by atoms with Crippen molar-refractivity contribution in [2.45, 2.75) is 24.7 Å². The fourth-order valence-corrected chi connectivity index (χ4v) is 2.60. The Kier molecular flexibility index (Phi) is 7.14. The number of anilines is 1. The summed E-state index contributed by atoms with van der Waals surface area (Å²) in [6.07, 6.45) is 0.561. The van der Waals surface area contributed by atoms with E-state index in [1.165, 1.54) is 11.8 Å². The summed E-state index contributed by atoms with van der Waals surface area (Å²) in [7, 11) is 0. The highest BCUT2D eigenvalue weighted by atomic mass is 32.2. The molecule has 0 bridgehead atoms. The van der Waals surface area contributed by atoms with E-state index in [4.69, 9.17) is 16.3 Å².